The predicted molar refractivity (Wildman–Crippen MR) is 102 cm³/mol. The Morgan fingerprint density at radius 2 is 1.81 bits per heavy atom. The lowest BCUT2D eigenvalue weighted by atomic mass is 9.99. The largest absolute Gasteiger partial charge is 0.480 e. The number of rotatable bonds is 12. The standard InChI is InChI=1S/C20H30N2O5/c1-3-15(2)18(19(24)25)22-17(23)12-8-5-9-13-21-20(26)27-14-16-10-6-4-7-11-16/h4,6-7,10-11,15,18H,3,5,8-9,12-14H2,1-2H3,(H,21,26)(H,22,23)(H,24,25)/t15-,18+/m0/s1. The lowest BCUT2D eigenvalue weighted by Crippen LogP contribution is -2.44. The maximum atomic E-state index is 11.9. The first-order valence-corrected chi connectivity index (χ1v) is 9.40. The molecular weight excluding hydrogens is 348 g/mol. The Morgan fingerprint density at radius 1 is 1.11 bits per heavy atom. The molecule has 1 aromatic carbocycles. The van der Waals surface area contributed by atoms with Gasteiger partial charge in [0.25, 0.3) is 0 Å². The minimum absolute atomic E-state index is 0.113. The van der Waals surface area contributed by atoms with Gasteiger partial charge in [0.05, 0.1) is 0 Å². The first kappa shape index (κ1) is 22.5. The maximum Gasteiger partial charge on any atom is 0.407 e. The number of hydrogen-bond acceptors (Lipinski definition) is 4. The lowest BCUT2D eigenvalue weighted by molar-refractivity contribution is -0.143. The van der Waals surface area contributed by atoms with Gasteiger partial charge >= 0.3 is 12.1 Å². The molecule has 27 heavy (non-hydrogen) atoms. The second-order valence-corrected chi connectivity index (χ2v) is 6.57. The molecule has 0 saturated heterocycles. The SMILES string of the molecule is CC[C@H](C)[C@@H](NC(=O)CCCCCNC(=O)OCc1ccccc1)C(=O)O. The molecule has 0 aliphatic carbocycles. The van der Waals surface area contributed by atoms with E-state index in [1.165, 1.54) is 0 Å². The molecule has 0 aliphatic rings. The summed E-state index contributed by atoms with van der Waals surface area (Å²) in [6, 6.07) is 8.59. The van der Waals surface area contributed by atoms with E-state index in [1.807, 2.05) is 44.2 Å². The van der Waals surface area contributed by atoms with E-state index in [0.717, 1.165) is 18.4 Å². The van der Waals surface area contributed by atoms with Crippen molar-refractivity contribution in [3.8, 4) is 0 Å². The van der Waals surface area contributed by atoms with Gasteiger partial charge in [0.2, 0.25) is 5.91 Å². The number of carboxylic acid groups (broad SMARTS) is 1. The highest BCUT2D eigenvalue weighted by Crippen LogP contribution is 2.09. The molecule has 0 fully saturated rings. The summed E-state index contributed by atoms with van der Waals surface area (Å²) >= 11 is 0. The van der Waals surface area contributed by atoms with Crippen LogP contribution in [0.25, 0.3) is 0 Å². The second-order valence-electron chi connectivity index (χ2n) is 6.57. The molecule has 0 spiro atoms. The molecule has 0 aliphatic heterocycles. The van der Waals surface area contributed by atoms with Gasteiger partial charge in [-0.05, 0) is 24.3 Å². The fourth-order valence-corrected chi connectivity index (χ4v) is 2.48. The predicted octanol–water partition coefficient (Wildman–Crippen LogP) is 3.09. The van der Waals surface area contributed by atoms with Crippen LogP contribution in [0.4, 0.5) is 4.79 Å². The lowest BCUT2D eigenvalue weighted by Gasteiger charge is -2.20. The second kappa shape index (κ2) is 12.7. The van der Waals surface area contributed by atoms with E-state index in [0.29, 0.717) is 19.4 Å². The van der Waals surface area contributed by atoms with Crippen molar-refractivity contribution in [2.24, 2.45) is 5.92 Å². The van der Waals surface area contributed by atoms with E-state index in [-0.39, 0.29) is 24.9 Å². The van der Waals surface area contributed by atoms with E-state index in [4.69, 9.17) is 9.84 Å². The third kappa shape index (κ3) is 9.63. The molecule has 0 bridgehead atoms. The fraction of sp³-hybridized carbons (Fsp3) is 0.550. The summed E-state index contributed by atoms with van der Waals surface area (Å²) in [6.45, 7) is 4.40. The zero-order valence-electron chi connectivity index (χ0n) is 16.1. The van der Waals surface area contributed by atoms with Crippen molar-refractivity contribution >= 4 is 18.0 Å². The van der Waals surface area contributed by atoms with E-state index >= 15 is 0 Å². The van der Waals surface area contributed by atoms with E-state index in [1.54, 1.807) is 0 Å². The van der Waals surface area contributed by atoms with Crippen molar-refractivity contribution in [3.63, 3.8) is 0 Å². The fourth-order valence-electron chi connectivity index (χ4n) is 2.48. The van der Waals surface area contributed by atoms with Gasteiger partial charge in [-0.3, -0.25) is 4.79 Å². The summed E-state index contributed by atoms with van der Waals surface area (Å²) in [5.41, 5.74) is 0.927. The Balaban J connectivity index is 2.09. The molecule has 1 aromatic rings. The van der Waals surface area contributed by atoms with Crippen LogP contribution in [0.5, 0.6) is 0 Å². The molecule has 2 amide bonds. The Hall–Kier alpha value is -2.57. The van der Waals surface area contributed by atoms with Crippen LogP contribution in [0.3, 0.4) is 0 Å². The summed E-state index contributed by atoms with van der Waals surface area (Å²) < 4.78 is 5.10. The van der Waals surface area contributed by atoms with Gasteiger partial charge in [0.1, 0.15) is 12.6 Å². The molecule has 0 radical (unpaired) electrons. The number of aliphatic carboxylic acids is 1. The molecule has 0 aromatic heterocycles. The molecule has 1 rings (SSSR count). The third-order valence-corrected chi connectivity index (χ3v) is 4.36. The summed E-state index contributed by atoms with van der Waals surface area (Å²) in [5.74, 6) is -1.37. The molecule has 150 valence electrons. The maximum absolute atomic E-state index is 11.9. The summed E-state index contributed by atoms with van der Waals surface area (Å²) in [6.07, 6.45) is 2.62. The smallest absolute Gasteiger partial charge is 0.407 e. The quantitative estimate of drug-likeness (QED) is 0.485. The number of hydrogen-bond donors (Lipinski definition) is 3. The van der Waals surface area contributed by atoms with Gasteiger partial charge in [-0.25, -0.2) is 9.59 Å². The highest BCUT2D eigenvalue weighted by molar-refractivity contribution is 5.83. The Labute approximate surface area is 160 Å². The number of amides is 2. The van der Waals surface area contributed by atoms with Crippen LogP contribution in [0.2, 0.25) is 0 Å². The molecule has 7 heteroatoms. The zero-order chi connectivity index (χ0) is 20.1. The normalized spacial score (nSPS) is 12.7. The van der Waals surface area contributed by atoms with Crippen LogP contribution in [0, 0.1) is 5.92 Å². The van der Waals surface area contributed by atoms with Crippen molar-refractivity contribution in [1.82, 2.24) is 10.6 Å². The molecular formula is C20H30N2O5. The minimum Gasteiger partial charge on any atom is -0.480 e. The minimum atomic E-state index is -1.00. The molecule has 0 heterocycles. The van der Waals surface area contributed by atoms with Crippen LogP contribution in [0.1, 0.15) is 51.5 Å². The topological polar surface area (TPSA) is 105 Å². The Morgan fingerprint density at radius 3 is 2.44 bits per heavy atom. The van der Waals surface area contributed by atoms with Crippen LogP contribution in [-0.2, 0) is 20.9 Å². The third-order valence-electron chi connectivity index (χ3n) is 4.36. The van der Waals surface area contributed by atoms with Crippen LogP contribution < -0.4 is 10.6 Å². The van der Waals surface area contributed by atoms with Gasteiger partial charge in [0, 0.05) is 13.0 Å². The number of unbranched alkanes of at least 4 members (excludes halogenated alkanes) is 2. The van der Waals surface area contributed by atoms with Crippen LogP contribution in [0.15, 0.2) is 30.3 Å². The van der Waals surface area contributed by atoms with Gasteiger partial charge < -0.3 is 20.5 Å². The number of alkyl carbamates (subject to hydrolysis) is 1. The van der Waals surface area contributed by atoms with Crippen molar-refractivity contribution in [2.45, 2.75) is 58.6 Å². The average molecular weight is 378 g/mol. The monoisotopic (exact) mass is 378 g/mol. The zero-order valence-corrected chi connectivity index (χ0v) is 16.1. The molecule has 7 nitrogen and oxygen atoms in total. The molecule has 2 atom stereocenters. The van der Waals surface area contributed by atoms with Gasteiger partial charge in [-0.1, -0.05) is 57.0 Å². The highest BCUT2D eigenvalue weighted by atomic mass is 16.5. The van der Waals surface area contributed by atoms with Gasteiger partial charge in [-0.15, -0.1) is 0 Å². The van der Waals surface area contributed by atoms with Crippen molar-refractivity contribution < 1.29 is 24.2 Å². The number of carboxylic acids is 1. The molecule has 0 unspecified atom stereocenters. The highest BCUT2D eigenvalue weighted by Gasteiger charge is 2.24. The van der Waals surface area contributed by atoms with E-state index in [2.05, 4.69) is 10.6 Å². The summed E-state index contributed by atoms with van der Waals surface area (Å²) in [7, 11) is 0. The molecule has 0 saturated carbocycles. The average Bonchev–Trinajstić information content (AvgIpc) is 2.67. The first-order valence-electron chi connectivity index (χ1n) is 9.40. The number of nitrogens with one attached hydrogen (secondary N) is 2. The van der Waals surface area contributed by atoms with Gasteiger partial charge in [-0.2, -0.15) is 0 Å². The number of carbonyl (C=O) groups is 3. The van der Waals surface area contributed by atoms with Crippen LogP contribution >= 0.6 is 0 Å². The molecule has 3 N–H and O–H groups in total. The number of benzene rings is 1. The van der Waals surface area contributed by atoms with Gasteiger partial charge in [0.15, 0.2) is 0 Å². The Kier molecular flexibility index (Phi) is 10.6. The van der Waals surface area contributed by atoms with Crippen molar-refractivity contribution in [2.75, 3.05) is 6.54 Å². The van der Waals surface area contributed by atoms with E-state index in [9.17, 15) is 14.4 Å². The summed E-state index contributed by atoms with van der Waals surface area (Å²) in [5, 5.41) is 14.4. The van der Waals surface area contributed by atoms with E-state index < -0.39 is 18.1 Å². The van der Waals surface area contributed by atoms with Crippen molar-refractivity contribution in [3.05, 3.63) is 35.9 Å². The van der Waals surface area contributed by atoms with Crippen molar-refractivity contribution in [1.29, 1.82) is 0 Å². The first-order chi connectivity index (χ1) is 12.9. The van der Waals surface area contributed by atoms with Crippen LogP contribution in [-0.4, -0.2) is 35.7 Å². The number of carbonyl (C=O) groups excluding carboxylic acids is 2. The number of ether oxygens (including phenoxy) is 1. The Bertz CT molecular complexity index is 591. The summed E-state index contributed by atoms with van der Waals surface area (Å²) in [4.78, 5) is 34.6.